The quantitative estimate of drug-likeness (QED) is 0.464. The number of carbonyl (C=O) groups excluding carboxylic acids is 1. The highest BCUT2D eigenvalue weighted by atomic mass is 16.2. The molecular formula is C6H15N3O. The lowest BCUT2D eigenvalue weighted by molar-refractivity contribution is -0.122. The van der Waals surface area contributed by atoms with Gasteiger partial charge in [-0.25, -0.2) is 0 Å². The van der Waals surface area contributed by atoms with Crippen molar-refractivity contribution in [2.24, 2.45) is 11.5 Å². The molecule has 1 atom stereocenters. The monoisotopic (exact) mass is 145 g/mol. The fourth-order valence-corrected chi connectivity index (χ4v) is 0.512. The molecule has 0 heterocycles. The summed E-state index contributed by atoms with van der Waals surface area (Å²) in [7, 11) is 0. The Bertz CT molecular complexity index is 105. The molecule has 1 amide bonds. The van der Waals surface area contributed by atoms with E-state index in [-0.39, 0.29) is 11.9 Å². The molecule has 4 nitrogen and oxygen atoms in total. The summed E-state index contributed by atoms with van der Waals surface area (Å²) in [5.74, 6) is -0.118. The normalized spacial score (nSPS) is 12.7. The standard InChI is InChI=1S/C6H15N3O/c1-2-5(8)6(10)9-4-3-7/h5H,2-4,7-8H2,1H3,(H,9,10)/t5-/m1/s1. The van der Waals surface area contributed by atoms with Crippen molar-refractivity contribution in [3.8, 4) is 0 Å². The SMILES string of the molecule is CC[C@@H](N)C(=O)NCCN. The lowest BCUT2D eigenvalue weighted by atomic mass is 10.2. The van der Waals surface area contributed by atoms with E-state index >= 15 is 0 Å². The Morgan fingerprint density at radius 3 is 2.70 bits per heavy atom. The van der Waals surface area contributed by atoms with Crippen molar-refractivity contribution in [2.45, 2.75) is 19.4 Å². The average molecular weight is 145 g/mol. The summed E-state index contributed by atoms with van der Waals surface area (Å²) >= 11 is 0. The Morgan fingerprint density at radius 2 is 2.30 bits per heavy atom. The summed E-state index contributed by atoms with van der Waals surface area (Å²) in [5.41, 5.74) is 10.6. The molecule has 0 rings (SSSR count). The number of carbonyl (C=O) groups is 1. The number of rotatable bonds is 4. The third-order valence-electron chi connectivity index (χ3n) is 1.22. The fraction of sp³-hybridized carbons (Fsp3) is 0.833. The van der Waals surface area contributed by atoms with Crippen LogP contribution in [0.3, 0.4) is 0 Å². The van der Waals surface area contributed by atoms with Crippen LogP contribution in [0.1, 0.15) is 13.3 Å². The molecule has 0 fully saturated rings. The van der Waals surface area contributed by atoms with Crippen LogP contribution in [0.25, 0.3) is 0 Å². The van der Waals surface area contributed by atoms with Gasteiger partial charge in [0.1, 0.15) is 0 Å². The second kappa shape index (κ2) is 5.20. The van der Waals surface area contributed by atoms with Crippen molar-refractivity contribution in [3.05, 3.63) is 0 Å². The molecular weight excluding hydrogens is 130 g/mol. The van der Waals surface area contributed by atoms with Crippen molar-refractivity contribution in [3.63, 3.8) is 0 Å². The van der Waals surface area contributed by atoms with E-state index in [4.69, 9.17) is 11.5 Å². The van der Waals surface area contributed by atoms with Crippen molar-refractivity contribution >= 4 is 5.91 Å². The summed E-state index contributed by atoms with van der Waals surface area (Å²) < 4.78 is 0. The van der Waals surface area contributed by atoms with Crippen molar-refractivity contribution in [2.75, 3.05) is 13.1 Å². The van der Waals surface area contributed by atoms with Gasteiger partial charge in [-0.2, -0.15) is 0 Å². The van der Waals surface area contributed by atoms with Crippen LogP contribution < -0.4 is 16.8 Å². The largest absolute Gasteiger partial charge is 0.353 e. The van der Waals surface area contributed by atoms with E-state index in [1.165, 1.54) is 0 Å². The zero-order valence-corrected chi connectivity index (χ0v) is 6.26. The van der Waals surface area contributed by atoms with Crippen LogP contribution in [0.4, 0.5) is 0 Å². The molecule has 0 unspecified atom stereocenters. The molecule has 0 aromatic rings. The van der Waals surface area contributed by atoms with E-state index in [1.807, 2.05) is 6.92 Å². The first-order valence-corrected chi connectivity index (χ1v) is 3.45. The van der Waals surface area contributed by atoms with E-state index in [0.717, 1.165) is 0 Å². The Balaban J connectivity index is 3.42. The summed E-state index contributed by atoms with van der Waals surface area (Å²) in [4.78, 5) is 10.8. The third-order valence-corrected chi connectivity index (χ3v) is 1.22. The molecule has 0 aliphatic heterocycles. The summed E-state index contributed by atoms with van der Waals surface area (Å²) in [6.45, 7) is 2.83. The number of amides is 1. The van der Waals surface area contributed by atoms with Crippen LogP contribution in [0.15, 0.2) is 0 Å². The number of hydrogen-bond acceptors (Lipinski definition) is 3. The van der Waals surface area contributed by atoms with Gasteiger partial charge in [-0.15, -0.1) is 0 Å². The maximum atomic E-state index is 10.8. The second-order valence-corrected chi connectivity index (χ2v) is 2.09. The fourth-order valence-electron chi connectivity index (χ4n) is 0.512. The van der Waals surface area contributed by atoms with Gasteiger partial charge in [0.25, 0.3) is 0 Å². The minimum absolute atomic E-state index is 0.118. The maximum absolute atomic E-state index is 10.8. The minimum Gasteiger partial charge on any atom is -0.353 e. The van der Waals surface area contributed by atoms with Gasteiger partial charge in [-0.1, -0.05) is 6.92 Å². The molecule has 0 saturated heterocycles. The van der Waals surface area contributed by atoms with Crippen LogP contribution in [0.2, 0.25) is 0 Å². The average Bonchev–Trinajstić information content (AvgIpc) is 1.98. The van der Waals surface area contributed by atoms with Crippen LogP contribution in [0.5, 0.6) is 0 Å². The van der Waals surface area contributed by atoms with Gasteiger partial charge in [0.05, 0.1) is 6.04 Å². The minimum atomic E-state index is -0.383. The van der Waals surface area contributed by atoms with Crippen molar-refractivity contribution in [1.29, 1.82) is 0 Å². The van der Waals surface area contributed by atoms with E-state index < -0.39 is 0 Å². The molecule has 10 heavy (non-hydrogen) atoms. The van der Waals surface area contributed by atoms with Gasteiger partial charge < -0.3 is 16.8 Å². The van der Waals surface area contributed by atoms with E-state index in [9.17, 15) is 4.79 Å². The van der Waals surface area contributed by atoms with Gasteiger partial charge in [0.15, 0.2) is 0 Å². The Morgan fingerprint density at radius 1 is 1.70 bits per heavy atom. The smallest absolute Gasteiger partial charge is 0.236 e. The van der Waals surface area contributed by atoms with E-state index in [1.54, 1.807) is 0 Å². The predicted octanol–water partition coefficient (Wildman–Crippen LogP) is -1.20. The predicted molar refractivity (Wildman–Crippen MR) is 40.3 cm³/mol. The topological polar surface area (TPSA) is 81.1 Å². The highest BCUT2D eigenvalue weighted by Crippen LogP contribution is 1.83. The van der Waals surface area contributed by atoms with Gasteiger partial charge >= 0.3 is 0 Å². The molecule has 5 N–H and O–H groups in total. The molecule has 0 aromatic heterocycles. The van der Waals surface area contributed by atoms with Gasteiger partial charge in [-0.3, -0.25) is 4.79 Å². The second-order valence-electron chi connectivity index (χ2n) is 2.09. The summed E-state index contributed by atoms with van der Waals surface area (Å²) in [6.07, 6.45) is 0.663. The van der Waals surface area contributed by atoms with E-state index in [0.29, 0.717) is 19.5 Å². The number of hydrogen-bond donors (Lipinski definition) is 3. The van der Waals surface area contributed by atoms with Gasteiger partial charge in [0.2, 0.25) is 5.91 Å². The van der Waals surface area contributed by atoms with Crippen molar-refractivity contribution < 1.29 is 4.79 Å². The maximum Gasteiger partial charge on any atom is 0.236 e. The highest BCUT2D eigenvalue weighted by Gasteiger charge is 2.08. The Kier molecular flexibility index (Phi) is 4.88. The zero-order valence-electron chi connectivity index (χ0n) is 6.26. The van der Waals surface area contributed by atoms with Gasteiger partial charge in [-0.05, 0) is 6.42 Å². The molecule has 0 saturated carbocycles. The lowest BCUT2D eigenvalue weighted by Gasteiger charge is -2.07. The van der Waals surface area contributed by atoms with Crippen LogP contribution in [-0.2, 0) is 4.79 Å². The Hall–Kier alpha value is -0.610. The van der Waals surface area contributed by atoms with E-state index in [2.05, 4.69) is 5.32 Å². The first-order chi connectivity index (χ1) is 4.72. The molecule has 0 aliphatic rings. The molecule has 4 heteroatoms. The first-order valence-electron chi connectivity index (χ1n) is 3.45. The molecule has 0 aliphatic carbocycles. The van der Waals surface area contributed by atoms with Crippen LogP contribution in [0, 0.1) is 0 Å². The molecule has 0 bridgehead atoms. The summed E-state index contributed by atoms with van der Waals surface area (Å²) in [5, 5.41) is 2.59. The molecule has 60 valence electrons. The molecule has 0 aromatic carbocycles. The first kappa shape index (κ1) is 9.39. The lowest BCUT2D eigenvalue weighted by Crippen LogP contribution is -2.41. The third kappa shape index (κ3) is 3.42. The zero-order chi connectivity index (χ0) is 7.98. The van der Waals surface area contributed by atoms with Crippen molar-refractivity contribution in [1.82, 2.24) is 5.32 Å². The number of nitrogens with one attached hydrogen (secondary N) is 1. The highest BCUT2D eigenvalue weighted by molar-refractivity contribution is 5.81. The number of nitrogens with two attached hydrogens (primary N) is 2. The summed E-state index contributed by atoms with van der Waals surface area (Å²) in [6, 6.07) is -0.383. The molecule has 0 radical (unpaired) electrons. The van der Waals surface area contributed by atoms with Gasteiger partial charge in [0, 0.05) is 13.1 Å². The molecule has 0 spiro atoms. The Labute approximate surface area is 61.0 Å². The van der Waals surface area contributed by atoms with Crippen LogP contribution >= 0.6 is 0 Å². The van der Waals surface area contributed by atoms with Crippen LogP contribution in [-0.4, -0.2) is 25.0 Å².